The van der Waals surface area contributed by atoms with Crippen LogP contribution < -0.4 is 5.32 Å². The Labute approximate surface area is 183 Å². The molecule has 1 aromatic heterocycles. The second-order valence-corrected chi connectivity index (χ2v) is 9.18. The first-order valence-electron chi connectivity index (χ1n) is 10.7. The third-order valence-corrected chi connectivity index (χ3v) is 6.60. The van der Waals surface area contributed by atoms with Crippen LogP contribution in [-0.2, 0) is 24.2 Å². The molecule has 0 aliphatic carbocycles. The number of hydrogen-bond acceptors (Lipinski definition) is 4. The number of carbonyl (C=O) groups is 1. The number of thiazole rings is 1. The molecule has 4 nitrogen and oxygen atoms in total. The number of benzene rings is 2. The number of likely N-dealkylation sites (tertiary alicyclic amines) is 1. The standard InChI is InChI=1S/C25H29N3OS/c1-19-7-9-22(10-8-19)26-24(29)16-25-27-23(18-30-25)17-28-13-11-21(12-14-28)15-20-5-3-2-4-6-20/h2-10,18,21H,11-17H2,1H3,(H,26,29). The Kier molecular flexibility index (Phi) is 6.92. The van der Waals surface area contributed by atoms with Gasteiger partial charge in [0.1, 0.15) is 5.01 Å². The van der Waals surface area contributed by atoms with Gasteiger partial charge < -0.3 is 5.32 Å². The van der Waals surface area contributed by atoms with Crippen LogP contribution in [0, 0.1) is 12.8 Å². The topological polar surface area (TPSA) is 45.2 Å². The summed E-state index contributed by atoms with van der Waals surface area (Å²) in [5.74, 6) is 0.765. The van der Waals surface area contributed by atoms with E-state index in [4.69, 9.17) is 4.98 Å². The van der Waals surface area contributed by atoms with Gasteiger partial charge in [-0.15, -0.1) is 11.3 Å². The van der Waals surface area contributed by atoms with Crippen molar-refractivity contribution in [3.8, 4) is 0 Å². The summed E-state index contributed by atoms with van der Waals surface area (Å²) in [6.45, 7) is 5.17. The van der Waals surface area contributed by atoms with Gasteiger partial charge in [0.15, 0.2) is 0 Å². The summed E-state index contributed by atoms with van der Waals surface area (Å²) < 4.78 is 0. The van der Waals surface area contributed by atoms with Crippen molar-refractivity contribution in [2.75, 3.05) is 18.4 Å². The molecule has 2 heterocycles. The van der Waals surface area contributed by atoms with Crippen LogP contribution in [0.4, 0.5) is 5.69 Å². The predicted octanol–water partition coefficient (Wildman–Crippen LogP) is 5.09. The molecule has 1 aliphatic rings. The Bertz CT molecular complexity index is 944. The lowest BCUT2D eigenvalue weighted by Gasteiger charge is -2.31. The van der Waals surface area contributed by atoms with E-state index in [0.717, 1.165) is 41.9 Å². The highest BCUT2D eigenvalue weighted by Crippen LogP contribution is 2.23. The van der Waals surface area contributed by atoms with Crippen molar-refractivity contribution in [2.45, 2.75) is 39.2 Å². The van der Waals surface area contributed by atoms with Crippen molar-refractivity contribution in [1.82, 2.24) is 9.88 Å². The van der Waals surface area contributed by atoms with E-state index in [1.807, 2.05) is 31.2 Å². The van der Waals surface area contributed by atoms with Crippen LogP contribution in [0.15, 0.2) is 60.0 Å². The minimum atomic E-state index is -0.0125. The molecule has 3 aromatic rings. The normalized spacial score (nSPS) is 15.2. The van der Waals surface area contributed by atoms with Crippen LogP contribution in [-0.4, -0.2) is 28.9 Å². The number of anilines is 1. The second kappa shape index (κ2) is 10.0. The molecule has 1 saturated heterocycles. The Morgan fingerprint density at radius 1 is 1.10 bits per heavy atom. The van der Waals surface area contributed by atoms with E-state index < -0.39 is 0 Å². The molecular weight excluding hydrogens is 390 g/mol. The highest BCUT2D eigenvalue weighted by Gasteiger charge is 2.20. The first-order valence-corrected chi connectivity index (χ1v) is 11.6. The van der Waals surface area contributed by atoms with Crippen LogP contribution in [0.25, 0.3) is 0 Å². The van der Waals surface area contributed by atoms with E-state index in [2.05, 4.69) is 45.9 Å². The zero-order valence-corrected chi connectivity index (χ0v) is 18.3. The lowest BCUT2D eigenvalue weighted by atomic mass is 9.90. The lowest BCUT2D eigenvalue weighted by molar-refractivity contribution is -0.115. The molecule has 0 spiro atoms. The minimum absolute atomic E-state index is 0.0125. The Morgan fingerprint density at radius 2 is 1.83 bits per heavy atom. The van der Waals surface area contributed by atoms with Crippen LogP contribution in [0.2, 0.25) is 0 Å². The molecule has 1 fully saturated rings. The summed E-state index contributed by atoms with van der Waals surface area (Å²) in [7, 11) is 0. The summed E-state index contributed by atoms with van der Waals surface area (Å²) in [5.41, 5.74) is 4.55. The van der Waals surface area contributed by atoms with Crippen molar-refractivity contribution in [2.24, 2.45) is 5.92 Å². The molecular formula is C25H29N3OS. The minimum Gasteiger partial charge on any atom is -0.326 e. The second-order valence-electron chi connectivity index (χ2n) is 8.23. The summed E-state index contributed by atoms with van der Waals surface area (Å²) in [6.07, 6.45) is 4.00. The zero-order valence-electron chi connectivity index (χ0n) is 17.5. The van der Waals surface area contributed by atoms with Gasteiger partial charge in [-0.05, 0) is 62.9 Å². The number of aryl methyl sites for hydroxylation is 1. The molecule has 5 heteroatoms. The van der Waals surface area contributed by atoms with Gasteiger partial charge in [-0.3, -0.25) is 9.69 Å². The third-order valence-electron chi connectivity index (χ3n) is 5.71. The van der Waals surface area contributed by atoms with E-state index >= 15 is 0 Å². The number of piperidine rings is 1. The van der Waals surface area contributed by atoms with Crippen LogP contribution >= 0.6 is 11.3 Å². The molecule has 0 atom stereocenters. The molecule has 2 aromatic carbocycles. The highest BCUT2D eigenvalue weighted by atomic mass is 32.1. The molecule has 4 rings (SSSR count). The maximum atomic E-state index is 12.3. The van der Waals surface area contributed by atoms with Gasteiger partial charge >= 0.3 is 0 Å². The predicted molar refractivity (Wildman–Crippen MR) is 124 cm³/mol. The number of nitrogens with zero attached hydrogens (tertiary/aromatic N) is 2. The van der Waals surface area contributed by atoms with Crippen molar-refractivity contribution in [3.63, 3.8) is 0 Å². The van der Waals surface area contributed by atoms with E-state index in [9.17, 15) is 4.79 Å². The highest BCUT2D eigenvalue weighted by molar-refractivity contribution is 7.09. The lowest BCUT2D eigenvalue weighted by Crippen LogP contribution is -2.34. The van der Waals surface area contributed by atoms with Gasteiger partial charge in [0, 0.05) is 17.6 Å². The van der Waals surface area contributed by atoms with E-state index in [0.29, 0.717) is 6.42 Å². The fourth-order valence-corrected chi connectivity index (χ4v) is 4.79. The Hall–Kier alpha value is -2.50. The van der Waals surface area contributed by atoms with Gasteiger partial charge in [0.25, 0.3) is 0 Å². The smallest absolute Gasteiger partial charge is 0.231 e. The quantitative estimate of drug-likeness (QED) is 0.580. The Balaban J connectivity index is 1.22. The number of nitrogens with one attached hydrogen (secondary N) is 1. The number of hydrogen-bond donors (Lipinski definition) is 1. The van der Waals surface area contributed by atoms with Crippen molar-refractivity contribution in [1.29, 1.82) is 0 Å². The first-order chi connectivity index (χ1) is 14.6. The third kappa shape index (κ3) is 6.00. The molecule has 0 bridgehead atoms. The van der Waals surface area contributed by atoms with Crippen molar-refractivity contribution < 1.29 is 4.79 Å². The maximum Gasteiger partial charge on any atom is 0.231 e. The maximum absolute atomic E-state index is 12.3. The summed E-state index contributed by atoms with van der Waals surface area (Å²) in [5, 5.41) is 5.94. The van der Waals surface area contributed by atoms with E-state index in [1.165, 1.54) is 30.4 Å². The van der Waals surface area contributed by atoms with Gasteiger partial charge in [-0.2, -0.15) is 0 Å². The molecule has 156 valence electrons. The summed E-state index contributed by atoms with van der Waals surface area (Å²) >= 11 is 1.58. The summed E-state index contributed by atoms with van der Waals surface area (Å²) in [4.78, 5) is 19.5. The monoisotopic (exact) mass is 419 g/mol. The van der Waals surface area contributed by atoms with Gasteiger partial charge in [0.05, 0.1) is 12.1 Å². The SMILES string of the molecule is Cc1ccc(NC(=O)Cc2nc(CN3CCC(Cc4ccccc4)CC3)cs2)cc1. The fraction of sp³-hybridized carbons (Fsp3) is 0.360. The number of amides is 1. The van der Waals surface area contributed by atoms with Crippen LogP contribution in [0.3, 0.4) is 0 Å². The van der Waals surface area contributed by atoms with Crippen molar-refractivity contribution in [3.05, 3.63) is 81.8 Å². The fourth-order valence-electron chi connectivity index (χ4n) is 4.01. The molecule has 0 radical (unpaired) electrons. The van der Waals surface area contributed by atoms with Crippen molar-refractivity contribution >= 4 is 22.9 Å². The average molecular weight is 420 g/mol. The molecule has 1 aliphatic heterocycles. The van der Waals surface area contributed by atoms with Gasteiger partial charge in [0.2, 0.25) is 5.91 Å². The molecule has 30 heavy (non-hydrogen) atoms. The van der Waals surface area contributed by atoms with Gasteiger partial charge in [-0.25, -0.2) is 4.98 Å². The molecule has 1 N–H and O–H groups in total. The van der Waals surface area contributed by atoms with Crippen LogP contribution in [0.1, 0.15) is 34.7 Å². The molecule has 0 unspecified atom stereocenters. The Morgan fingerprint density at radius 3 is 2.57 bits per heavy atom. The van der Waals surface area contributed by atoms with E-state index in [-0.39, 0.29) is 5.91 Å². The number of carbonyl (C=O) groups excluding carboxylic acids is 1. The van der Waals surface area contributed by atoms with E-state index in [1.54, 1.807) is 11.3 Å². The summed E-state index contributed by atoms with van der Waals surface area (Å²) in [6, 6.07) is 18.7. The first kappa shape index (κ1) is 20.8. The van der Waals surface area contributed by atoms with Gasteiger partial charge in [-0.1, -0.05) is 48.0 Å². The number of aromatic nitrogens is 1. The largest absolute Gasteiger partial charge is 0.326 e. The average Bonchev–Trinajstić information content (AvgIpc) is 3.18. The zero-order chi connectivity index (χ0) is 20.8. The number of rotatable bonds is 7. The molecule has 1 amide bonds. The molecule has 0 saturated carbocycles. The van der Waals surface area contributed by atoms with Crippen LogP contribution in [0.5, 0.6) is 0 Å².